The zero-order valence-corrected chi connectivity index (χ0v) is 14.6. The molecule has 1 fully saturated rings. The van der Waals surface area contributed by atoms with Crippen LogP contribution in [-0.2, 0) is 4.74 Å². The molecule has 132 valence electrons. The topological polar surface area (TPSA) is 61.3 Å². The Labute approximate surface area is 152 Å². The Balaban J connectivity index is 1.61. The van der Waals surface area contributed by atoms with Gasteiger partial charge in [0, 0.05) is 23.7 Å². The molecule has 5 nitrogen and oxygen atoms in total. The molecule has 0 N–H and O–H groups in total. The lowest BCUT2D eigenvalue weighted by Gasteiger charge is -2.20. The highest BCUT2D eigenvalue weighted by atomic mass is 16.5. The minimum Gasteiger partial charge on any atom is -0.480 e. The molecule has 26 heavy (non-hydrogen) atoms. The van der Waals surface area contributed by atoms with Crippen LogP contribution in [0.1, 0.15) is 41.1 Å². The molecule has 0 bridgehead atoms. The number of methoxy groups -OCH3 is 1. The van der Waals surface area contributed by atoms with Gasteiger partial charge in [0.05, 0.1) is 12.6 Å². The van der Waals surface area contributed by atoms with Gasteiger partial charge in [-0.3, -0.25) is 4.98 Å². The first-order chi connectivity index (χ1) is 12.8. The standard InChI is InChI=1S/C21H20N2O3/c1-25-20-17(12-14-6-2-3-9-18(14)23-20)21(24)26-19-10-4-8-16(19)15-7-5-11-22-13-15/h2-3,5-7,9,11-13,16,19H,4,8,10H2,1H3. The molecule has 2 atom stereocenters. The number of rotatable bonds is 4. The third kappa shape index (κ3) is 3.12. The lowest BCUT2D eigenvalue weighted by Crippen LogP contribution is -2.21. The number of carbonyl (C=O) groups is 1. The largest absolute Gasteiger partial charge is 0.480 e. The molecule has 1 aliphatic rings. The number of nitrogens with zero attached hydrogens (tertiary/aromatic N) is 2. The van der Waals surface area contributed by atoms with Crippen molar-refractivity contribution < 1.29 is 14.3 Å². The van der Waals surface area contributed by atoms with E-state index >= 15 is 0 Å². The zero-order valence-electron chi connectivity index (χ0n) is 14.6. The number of esters is 1. The summed E-state index contributed by atoms with van der Waals surface area (Å²) in [6, 6.07) is 13.4. The Kier molecular flexibility index (Phi) is 4.52. The highest BCUT2D eigenvalue weighted by Crippen LogP contribution is 2.37. The van der Waals surface area contributed by atoms with Crippen LogP contribution in [-0.4, -0.2) is 29.2 Å². The fourth-order valence-electron chi connectivity index (χ4n) is 3.64. The summed E-state index contributed by atoms with van der Waals surface area (Å²) in [5.41, 5.74) is 2.27. The average Bonchev–Trinajstić information content (AvgIpc) is 3.15. The third-order valence-electron chi connectivity index (χ3n) is 4.93. The smallest absolute Gasteiger partial charge is 0.343 e. The summed E-state index contributed by atoms with van der Waals surface area (Å²) in [7, 11) is 1.52. The third-order valence-corrected chi connectivity index (χ3v) is 4.93. The molecular formula is C21H20N2O3. The van der Waals surface area contributed by atoms with Gasteiger partial charge >= 0.3 is 5.97 Å². The van der Waals surface area contributed by atoms with Crippen molar-refractivity contribution in [3.05, 3.63) is 66.0 Å². The summed E-state index contributed by atoms with van der Waals surface area (Å²) in [5, 5.41) is 0.885. The van der Waals surface area contributed by atoms with E-state index in [-0.39, 0.29) is 18.0 Å². The predicted octanol–water partition coefficient (Wildman–Crippen LogP) is 4.13. The molecule has 2 aromatic heterocycles. The zero-order chi connectivity index (χ0) is 17.9. The number of hydrogen-bond acceptors (Lipinski definition) is 5. The van der Waals surface area contributed by atoms with Crippen LogP contribution >= 0.6 is 0 Å². The van der Waals surface area contributed by atoms with Crippen LogP contribution in [0.25, 0.3) is 10.9 Å². The number of aromatic nitrogens is 2. The van der Waals surface area contributed by atoms with Gasteiger partial charge in [0.15, 0.2) is 0 Å². The Hall–Kier alpha value is -2.95. The van der Waals surface area contributed by atoms with Crippen molar-refractivity contribution in [3.63, 3.8) is 0 Å². The second-order valence-electron chi connectivity index (χ2n) is 6.51. The monoisotopic (exact) mass is 348 g/mol. The second-order valence-corrected chi connectivity index (χ2v) is 6.51. The van der Waals surface area contributed by atoms with Crippen molar-refractivity contribution in [1.82, 2.24) is 9.97 Å². The first kappa shape index (κ1) is 16.5. The summed E-state index contributed by atoms with van der Waals surface area (Å²) in [4.78, 5) is 21.5. The van der Waals surface area contributed by atoms with Gasteiger partial charge in [0.1, 0.15) is 11.7 Å². The Bertz CT molecular complexity index is 927. The average molecular weight is 348 g/mol. The van der Waals surface area contributed by atoms with Crippen LogP contribution in [0.5, 0.6) is 5.88 Å². The van der Waals surface area contributed by atoms with Gasteiger partial charge in [0.25, 0.3) is 0 Å². The van der Waals surface area contributed by atoms with E-state index < -0.39 is 0 Å². The fourth-order valence-corrected chi connectivity index (χ4v) is 3.64. The summed E-state index contributed by atoms with van der Waals surface area (Å²) < 4.78 is 11.2. The Morgan fingerprint density at radius 3 is 2.85 bits per heavy atom. The maximum Gasteiger partial charge on any atom is 0.343 e. The maximum atomic E-state index is 12.8. The molecular weight excluding hydrogens is 328 g/mol. The first-order valence-electron chi connectivity index (χ1n) is 8.81. The highest BCUT2D eigenvalue weighted by Gasteiger charge is 2.33. The molecule has 2 heterocycles. The van der Waals surface area contributed by atoms with Crippen LogP contribution < -0.4 is 4.74 Å². The number of carbonyl (C=O) groups excluding carboxylic acids is 1. The maximum absolute atomic E-state index is 12.8. The van der Waals surface area contributed by atoms with E-state index in [1.54, 1.807) is 12.3 Å². The number of pyridine rings is 2. The van der Waals surface area contributed by atoms with Gasteiger partial charge < -0.3 is 9.47 Å². The van der Waals surface area contributed by atoms with Crippen LogP contribution in [0, 0.1) is 0 Å². The van der Waals surface area contributed by atoms with E-state index in [0.29, 0.717) is 11.4 Å². The molecule has 3 aromatic rings. The number of para-hydroxylation sites is 1. The lowest BCUT2D eigenvalue weighted by molar-refractivity contribution is 0.0274. The van der Waals surface area contributed by atoms with Crippen LogP contribution in [0.4, 0.5) is 0 Å². The Morgan fingerprint density at radius 2 is 2.04 bits per heavy atom. The molecule has 1 aromatic carbocycles. The van der Waals surface area contributed by atoms with E-state index in [2.05, 4.69) is 9.97 Å². The number of benzene rings is 1. The molecule has 0 aliphatic heterocycles. The predicted molar refractivity (Wildman–Crippen MR) is 98.3 cm³/mol. The molecule has 1 aliphatic carbocycles. The van der Waals surface area contributed by atoms with Crippen molar-refractivity contribution in [3.8, 4) is 5.88 Å². The van der Waals surface area contributed by atoms with E-state index in [9.17, 15) is 4.79 Å². The highest BCUT2D eigenvalue weighted by molar-refractivity contribution is 5.96. The lowest BCUT2D eigenvalue weighted by atomic mass is 9.97. The molecule has 0 amide bonds. The second kappa shape index (κ2) is 7.12. The minimum atomic E-state index is -0.388. The molecule has 1 saturated carbocycles. The fraction of sp³-hybridized carbons (Fsp3) is 0.286. The summed E-state index contributed by atoms with van der Waals surface area (Å²) in [6.07, 6.45) is 6.35. The molecule has 0 radical (unpaired) electrons. The van der Waals surface area contributed by atoms with E-state index in [1.807, 2.05) is 42.6 Å². The van der Waals surface area contributed by atoms with Crippen LogP contribution in [0.3, 0.4) is 0 Å². The van der Waals surface area contributed by atoms with Crippen molar-refractivity contribution in [1.29, 1.82) is 0 Å². The quantitative estimate of drug-likeness (QED) is 0.663. The van der Waals surface area contributed by atoms with E-state index in [4.69, 9.17) is 9.47 Å². The number of hydrogen-bond donors (Lipinski definition) is 0. The van der Waals surface area contributed by atoms with Gasteiger partial charge in [-0.1, -0.05) is 24.3 Å². The van der Waals surface area contributed by atoms with Gasteiger partial charge in [-0.2, -0.15) is 0 Å². The van der Waals surface area contributed by atoms with Crippen molar-refractivity contribution >= 4 is 16.9 Å². The van der Waals surface area contributed by atoms with Crippen molar-refractivity contribution in [2.45, 2.75) is 31.3 Å². The molecule has 2 unspecified atom stereocenters. The Morgan fingerprint density at radius 1 is 1.15 bits per heavy atom. The molecule has 4 rings (SSSR count). The number of ether oxygens (including phenoxy) is 2. The summed E-state index contributed by atoms with van der Waals surface area (Å²) in [5.74, 6) is 0.0950. The van der Waals surface area contributed by atoms with Crippen LogP contribution in [0.2, 0.25) is 0 Å². The minimum absolute atomic E-state index is 0.150. The molecule has 0 saturated heterocycles. The summed E-state index contributed by atoms with van der Waals surface area (Å²) >= 11 is 0. The van der Waals surface area contributed by atoms with Gasteiger partial charge in [0.2, 0.25) is 5.88 Å². The van der Waals surface area contributed by atoms with Crippen molar-refractivity contribution in [2.75, 3.05) is 7.11 Å². The summed E-state index contributed by atoms with van der Waals surface area (Å²) in [6.45, 7) is 0. The first-order valence-corrected chi connectivity index (χ1v) is 8.81. The van der Waals surface area contributed by atoms with E-state index in [1.165, 1.54) is 7.11 Å². The normalized spacial score (nSPS) is 19.4. The van der Waals surface area contributed by atoms with Gasteiger partial charge in [-0.25, -0.2) is 9.78 Å². The SMILES string of the molecule is COc1nc2ccccc2cc1C(=O)OC1CCCC1c1cccnc1. The van der Waals surface area contributed by atoms with Crippen molar-refractivity contribution in [2.24, 2.45) is 0 Å². The molecule has 5 heteroatoms. The van der Waals surface area contributed by atoms with Gasteiger partial charge in [-0.15, -0.1) is 0 Å². The van der Waals surface area contributed by atoms with E-state index in [0.717, 1.165) is 35.7 Å². The van der Waals surface area contributed by atoms with Gasteiger partial charge in [-0.05, 0) is 43.0 Å². The van der Waals surface area contributed by atoms with Crippen LogP contribution in [0.15, 0.2) is 54.9 Å². The number of fused-ring (bicyclic) bond motifs is 1. The molecule has 0 spiro atoms.